The van der Waals surface area contributed by atoms with Crippen molar-refractivity contribution in [1.82, 2.24) is 0 Å². The van der Waals surface area contributed by atoms with Crippen molar-refractivity contribution in [2.24, 2.45) is 5.10 Å². The number of halogens is 2. The number of benzene rings is 2. The van der Waals surface area contributed by atoms with E-state index in [0.29, 0.717) is 24.7 Å². The van der Waals surface area contributed by atoms with Crippen LogP contribution >= 0.6 is 31.9 Å². The van der Waals surface area contributed by atoms with Gasteiger partial charge in [-0.05, 0) is 71.7 Å². The van der Waals surface area contributed by atoms with Crippen molar-refractivity contribution in [3.63, 3.8) is 0 Å². The summed E-state index contributed by atoms with van der Waals surface area (Å²) in [5.74, 6) is 1.42. The van der Waals surface area contributed by atoms with Crippen LogP contribution in [0.3, 0.4) is 0 Å². The topological polar surface area (TPSA) is 42.8 Å². The SMILES string of the molecule is CCOc1cc(C=NNc2ccc(Br)cc2)cc(Br)c1OCC. The molecule has 0 aliphatic rings. The Balaban J connectivity index is 2.15. The number of ether oxygens (including phenoxy) is 2. The zero-order chi connectivity index (χ0) is 16.7. The zero-order valence-electron chi connectivity index (χ0n) is 13.0. The molecule has 0 saturated carbocycles. The number of hydrogen-bond acceptors (Lipinski definition) is 4. The fourth-order valence-electron chi connectivity index (χ4n) is 1.92. The van der Waals surface area contributed by atoms with Crippen LogP contribution in [0.2, 0.25) is 0 Å². The molecule has 1 N–H and O–H groups in total. The lowest BCUT2D eigenvalue weighted by atomic mass is 10.2. The van der Waals surface area contributed by atoms with Crippen LogP contribution in [0.15, 0.2) is 50.4 Å². The predicted octanol–water partition coefficient (Wildman–Crippen LogP) is 5.46. The molecule has 4 nitrogen and oxygen atoms in total. The molecule has 0 fully saturated rings. The Kier molecular flexibility index (Phi) is 6.92. The van der Waals surface area contributed by atoms with Crippen LogP contribution in [-0.4, -0.2) is 19.4 Å². The van der Waals surface area contributed by atoms with Crippen LogP contribution < -0.4 is 14.9 Å². The minimum absolute atomic E-state index is 0.574. The molecule has 2 aromatic rings. The fourth-order valence-corrected chi connectivity index (χ4v) is 2.75. The second kappa shape index (κ2) is 8.93. The summed E-state index contributed by atoms with van der Waals surface area (Å²) in [6.07, 6.45) is 1.74. The Bertz CT molecular complexity index is 673. The zero-order valence-corrected chi connectivity index (χ0v) is 16.1. The van der Waals surface area contributed by atoms with Gasteiger partial charge in [-0.3, -0.25) is 5.43 Å². The molecule has 2 rings (SSSR count). The van der Waals surface area contributed by atoms with Gasteiger partial charge in [0, 0.05) is 4.47 Å². The summed E-state index contributed by atoms with van der Waals surface area (Å²) < 4.78 is 13.1. The van der Waals surface area contributed by atoms with Crippen LogP contribution in [0, 0.1) is 0 Å². The van der Waals surface area contributed by atoms with Gasteiger partial charge in [0.25, 0.3) is 0 Å². The first kappa shape index (κ1) is 17.8. The molecular weight excluding hydrogens is 424 g/mol. The maximum Gasteiger partial charge on any atom is 0.175 e. The van der Waals surface area contributed by atoms with Gasteiger partial charge in [-0.1, -0.05) is 15.9 Å². The van der Waals surface area contributed by atoms with Gasteiger partial charge in [0.15, 0.2) is 11.5 Å². The third-order valence-electron chi connectivity index (χ3n) is 2.87. The van der Waals surface area contributed by atoms with Crippen LogP contribution in [-0.2, 0) is 0 Å². The summed E-state index contributed by atoms with van der Waals surface area (Å²) in [4.78, 5) is 0. The van der Waals surface area contributed by atoms with E-state index in [4.69, 9.17) is 9.47 Å². The maximum atomic E-state index is 5.65. The normalized spacial score (nSPS) is 10.8. The van der Waals surface area contributed by atoms with Crippen LogP contribution in [0.4, 0.5) is 5.69 Å². The molecule has 0 heterocycles. The van der Waals surface area contributed by atoms with Crippen LogP contribution in [0.1, 0.15) is 19.4 Å². The summed E-state index contributed by atoms with van der Waals surface area (Å²) in [6.45, 7) is 5.04. The quantitative estimate of drug-likeness (QED) is 0.458. The lowest BCUT2D eigenvalue weighted by Gasteiger charge is -2.13. The highest BCUT2D eigenvalue weighted by Crippen LogP contribution is 2.36. The van der Waals surface area contributed by atoms with Gasteiger partial charge in [0.05, 0.1) is 29.6 Å². The molecule has 23 heavy (non-hydrogen) atoms. The van der Waals surface area contributed by atoms with Crippen molar-refractivity contribution >= 4 is 43.8 Å². The van der Waals surface area contributed by atoms with Gasteiger partial charge in [-0.15, -0.1) is 0 Å². The molecule has 0 bridgehead atoms. The molecule has 6 heteroatoms. The van der Waals surface area contributed by atoms with Crippen molar-refractivity contribution in [1.29, 1.82) is 0 Å². The molecule has 0 atom stereocenters. The lowest BCUT2D eigenvalue weighted by Crippen LogP contribution is -2.00. The first-order chi connectivity index (χ1) is 11.1. The van der Waals surface area contributed by atoms with Gasteiger partial charge >= 0.3 is 0 Å². The number of anilines is 1. The second-order valence-electron chi connectivity index (χ2n) is 4.57. The van der Waals surface area contributed by atoms with E-state index in [2.05, 4.69) is 42.4 Å². The second-order valence-corrected chi connectivity index (χ2v) is 6.34. The molecule has 122 valence electrons. The Labute approximate surface area is 153 Å². The van der Waals surface area contributed by atoms with Crippen molar-refractivity contribution in [2.75, 3.05) is 18.6 Å². The smallest absolute Gasteiger partial charge is 0.175 e. The molecule has 0 aromatic heterocycles. The third kappa shape index (κ3) is 5.25. The molecule has 0 aliphatic heterocycles. The molecule has 0 amide bonds. The lowest BCUT2D eigenvalue weighted by molar-refractivity contribution is 0.286. The molecule has 2 aromatic carbocycles. The summed E-state index contributed by atoms with van der Waals surface area (Å²) >= 11 is 6.92. The van der Waals surface area contributed by atoms with Crippen LogP contribution in [0.25, 0.3) is 0 Å². The van der Waals surface area contributed by atoms with E-state index in [1.165, 1.54) is 0 Å². The van der Waals surface area contributed by atoms with Crippen LogP contribution in [0.5, 0.6) is 11.5 Å². The molecule has 0 unspecified atom stereocenters. The minimum Gasteiger partial charge on any atom is -0.490 e. The van der Waals surface area contributed by atoms with Crippen molar-refractivity contribution < 1.29 is 9.47 Å². The number of rotatable bonds is 7. The average Bonchev–Trinajstić information content (AvgIpc) is 2.53. The Morgan fingerprint density at radius 1 is 1.04 bits per heavy atom. The largest absolute Gasteiger partial charge is 0.490 e. The summed E-state index contributed by atoms with van der Waals surface area (Å²) in [7, 11) is 0. The van der Waals surface area contributed by atoms with Gasteiger partial charge in [-0.2, -0.15) is 5.10 Å². The number of nitrogens with one attached hydrogen (secondary N) is 1. The Morgan fingerprint density at radius 2 is 1.74 bits per heavy atom. The Morgan fingerprint density at radius 3 is 2.39 bits per heavy atom. The van der Waals surface area contributed by atoms with E-state index < -0.39 is 0 Å². The molecule has 0 radical (unpaired) electrons. The average molecular weight is 442 g/mol. The van der Waals surface area contributed by atoms with Crippen molar-refractivity contribution in [3.8, 4) is 11.5 Å². The first-order valence-corrected chi connectivity index (χ1v) is 8.86. The molecule has 0 spiro atoms. The highest BCUT2D eigenvalue weighted by Gasteiger charge is 2.11. The summed E-state index contributed by atoms with van der Waals surface area (Å²) in [6, 6.07) is 11.7. The van der Waals surface area contributed by atoms with Gasteiger partial charge in [-0.25, -0.2) is 0 Å². The standard InChI is InChI=1S/C17H18Br2N2O2/c1-3-22-16-10-12(9-15(19)17(16)23-4-2)11-20-21-14-7-5-13(18)6-8-14/h5-11,21H,3-4H2,1-2H3. The van der Waals surface area contributed by atoms with Crippen molar-refractivity contribution in [2.45, 2.75) is 13.8 Å². The summed E-state index contributed by atoms with van der Waals surface area (Å²) in [5.41, 5.74) is 4.82. The highest BCUT2D eigenvalue weighted by atomic mass is 79.9. The summed E-state index contributed by atoms with van der Waals surface area (Å²) in [5, 5.41) is 4.25. The number of hydrazone groups is 1. The first-order valence-electron chi connectivity index (χ1n) is 7.27. The number of hydrogen-bond donors (Lipinski definition) is 1. The van der Waals surface area contributed by atoms with E-state index in [-0.39, 0.29) is 0 Å². The van der Waals surface area contributed by atoms with Gasteiger partial charge < -0.3 is 9.47 Å². The predicted molar refractivity (Wildman–Crippen MR) is 102 cm³/mol. The van der Waals surface area contributed by atoms with E-state index in [1.54, 1.807) is 6.21 Å². The van der Waals surface area contributed by atoms with Gasteiger partial charge in [0.1, 0.15) is 0 Å². The van der Waals surface area contributed by atoms with E-state index in [1.807, 2.05) is 50.2 Å². The molecule has 0 aliphatic carbocycles. The molecular formula is C17H18Br2N2O2. The van der Waals surface area contributed by atoms with E-state index >= 15 is 0 Å². The van der Waals surface area contributed by atoms with E-state index in [0.717, 1.165) is 20.2 Å². The van der Waals surface area contributed by atoms with Gasteiger partial charge in [0.2, 0.25) is 0 Å². The number of nitrogens with zero attached hydrogens (tertiary/aromatic N) is 1. The molecule has 0 saturated heterocycles. The van der Waals surface area contributed by atoms with E-state index in [9.17, 15) is 0 Å². The maximum absolute atomic E-state index is 5.65. The fraction of sp³-hybridized carbons (Fsp3) is 0.235. The monoisotopic (exact) mass is 440 g/mol. The van der Waals surface area contributed by atoms with Crippen molar-refractivity contribution in [3.05, 3.63) is 50.9 Å². The minimum atomic E-state index is 0.574. The Hall–Kier alpha value is -1.53. The highest BCUT2D eigenvalue weighted by molar-refractivity contribution is 9.10. The third-order valence-corrected chi connectivity index (χ3v) is 3.99.